The molecule has 3 rings (SSSR count). The van der Waals surface area contributed by atoms with Crippen molar-refractivity contribution < 1.29 is 4.39 Å². The van der Waals surface area contributed by atoms with E-state index in [0.29, 0.717) is 0 Å². The summed E-state index contributed by atoms with van der Waals surface area (Å²) in [7, 11) is 1.91. The van der Waals surface area contributed by atoms with Crippen molar-refractivity contribution in [3.05, 3.63) is 88.5 Å². The van der Waals surface area contributed by atoms with Crippen LogP contribution >= 0.6 is 0 Å². The predicted octanol–water partition coefficient (Wildman–Crippen LogP) is 4.44. The average Bonchev–Trinajstić information content (AvgIpc) is 2.73. The van der Waals surface area contributed by atoms with Gasteiger partial charge in [-0.1, -0.05) is 47.5 Å². The Bertz CT molecular complexity index is 778. The quantitative estimate of drug-likeness (QED) is 0.780. The molecule has 0 aliphatic carbocycles. The number of halogens is 1. The van der Waals surface area contributed by atoms with Crippen molar-refractivity contribution in [1.29, 1.82) is 0 Å². The Morgan fingerprint density at radius 3 is 2.14 bits per heavy atom. The summed E-state index contributed by atoms with van der Waals surface area (Å²) in [6.45, 7) is 5.18. The molecule has 0 atom stereocenters. The normalized spacial score (nSPS) is 15.5. The van der Waals surface area contributed by atoms with Crippen molar-refractivity contribution in [3.63, 3.8) is 0 Å². The molecule has 0 aromatic heterocycles. The van der Waals surface area contributed by atoms with Gasteiger partial charge in [-0.25, -0.2) is 4.39 Å². The first-order valence-electron chi connectivity index (χ1n) is 9.96. The van der Waals surface area contributed by atoms with Gasteiger partial charge in [0.2, 0.25) is 0 Å². The molecule has 0 bridgehead atoms. The van der Waals surface area contributed by atoms with E-state index < -0.39 is 0 Å². The fourth-order valence-electron chi connectivity index (χ4n) is 3.78. The summed E-state index contributed by atoms with van der Waals surface area (Å²) in [4.78, 5) is 2.49. The molecule has 2 aromatic carbocycles. The summed E-state index contributed by atoms with van der Waals surface area (Å²) in [5, 5.41) is 3.14. The molecule has 0 saturated carbocycles. The Hall–Kier alpha value is -2.59. The minimum absolute atomic E-state index is 0.194. The molecule has 1 aliphatic rings. The number of aryl methyl sites for hydroxylation is 1. The zero-order valence-electron chi connectivity index (χ0n) is 16.8. The summed E-state index contributed by atoms with van der Waals surface area (Å²) >= 11 is 0. The lowest BCUT2D eigenvalue weighted by molar-refractivity contribution is 0.258. The van der Waals surface area contributed by atoms with E-state index in [1.807, 2.05) is 19.2 Å². The standard InChI is InChI=1S/C24H30FN3/c1-18-3-5-19(6-4-18)24(20-7-9-22(25)10-8-20)21-11-14-28(15-12-21)16-13-23(17-26)27-2/h3-10,17,27H,11-16,26H2,1-2H3/b23-17-. The minimum Gasteiger partial charge on any atom is -0.403 e. The fourth-order valence-corrected chi connectivity index (χ4v) is 3.78. The van der Waals surface area contributed by atoms with E-state index in [-0.39, 0.29) is 5.82 Å². The number of nitrogens with two attached hydrogens (primary N) is 1. The molecule has 1 heterocycles. The second kappa shape index (κ2) is 9.56. The van der Waals surface area contributed by atoms with E-state index in [4.69, 9.17) is 5.73 Å². The highest BCUT2D eigenvalue weighted by Crippen LogP contribution is 2.32. The topological polar surface area (TPSA) is 41.3 Å². The van der Waals surface area contributed by atoms with Gasteiger partial charge >= 0.3 is 0 Å². The molecule has 3 N–H and O–H groups in total. The van der Waals surface area contributed by atoms with Crippen LogP contribution in [0.15, 0.2) is 66.0 Å². The lowest BCUT2D eigenvalue weighted by Gasteiger charge is -2.30. The molecule has 1 fully saturated rings. The van der Waals surface area contributed by atoms with Crippen LogP contribution in [0.5, 0.6) is 0 Å². The molecule has 2 aromatic rings. The number of nitrogens with zero attached hydrogens (tertiary/aromatic N) is 1. The molecule has 1 saturated heterocycles. The summed E-state index contributed by atoms with van der Waals surface area (Å²) in [6.07, 6.45) is 4.65. The van der Waals surface area contributed by atoms with E-state index >= 15 is 0 Å². The Morgan fingerprint density at radius 2 is 1.61 bits per heavy atom. The van der Waals surface area contributed by atoms with Crippen LogP contribution in [0, 0.1) is 12.7 Å². The number of rotatable bonds is 6. The van der Waals surface area contributed by atoms with Gasteiger partial charge < -0.3 is 16.0 Å². The van der Waals surface area contributed by atoms with Gasteiger partial charge in [0, 0.05) is 45.0 Å². The molecule has 148 valence electrons. The highest BCUT2D eigenvalue weighted by atomic mass is 19.1. The van der Waals surface area contributed by atoms with Gasteiger partial charge in [-0.2, -0.15) is 0 Å². The summed E-state index contributed by atoms with van der Waals surface area (Å²) in [6, 6.07) is 15.6. The number of nitrogens with one attached hydrogen (secondary N) is 1. The van der Waals surface area contributed by atoms with Crippen LogP contribution in [0.4, 0.5) is 4.39 Å². The Morgan fingerprint density at radius 1 is 1.04 bits per heavy atom. The summed E-state index contributed by atoms with van der Waals surface area (Å²) in [5.74, 6) is -0.194. The van der Waals surface area contributed by atoms with Crippen LogP contribution in [0.1, 0.15) is 36.0 Å². The van der Waals surface area contributed by atoms with Crippen LogP contribution in [-0.2, 0) is 0 Å². The highest BCUT2D eigenvalue weighted by Gasteiger charge is 2.19. The van der Waals surface area contributed by atoms with E-state index in [0.717, 1.165) is 50.2 Å². The number of piperidine rings is 1. The molecular weight excluding hydrogens is 349 g/mol. The first kappa shape index (κ1) is 20.2. The first-order chi connectivity index (χ1) is 13.6. The number of benzene rings is 2. The van der Waals surface area contributed by atoms with E-state index in [9.17, 15) is 4.39 Å². The van der Waals surface area contributed by atoms with Gasteiger partial charge in [-0.05, 0) is 48.6 Å². The largest absolute Gasteiger partial charge is 0.403 e. The van der Waals surface area contributed by atoms with Crippen LogP contribution < -0.4 is 11.1 Å². The van der Waals surface area contributed by atoms with Gasteiger partial charge in [0.15, 0.2) is 0 Å². The van der Waals surface area contributed by atoms with Crippen molar-refractivity contribution in [3.8, 4) is 0 Å². The van der Waals surface area contributed by atoms with Crippen LogP contribution in [0.25, 0.3) is 5.57 Å². The smallest absolute Gasteiger partial charge is 0.123 e. The van der Waals surface area contributed by atoms with E-state index in [1.54, 1.807) is 18.3 Å². The zero-order chi connectivity index (χ0) is 19.9. The van der Waals surface area contributed by atoms with Crippen LogP contribution in [-0.4, -0.2) is 31.6 Å². The van der Waals surface area contributed by atoms with Crippen molar-refractivity contribution in [1.82, 2.24) is 10.2 Å². The number of hydrogen-bond donors (Lipinski definition) is 2. The van der Waals surface area contributed by atoms with Crippen molar-refractivity contribution >= 4 is 5.57 Å². The first-order valence-corrected chi connectivity index (χ1v) is 9.96. The molecule has 1 aliphatic heterocycles. The van der Waals surface area contributed by atoms with Gasteiger partial charge in [0.1, 0.15) is 5.82 Å². The molecule has 0 spiro atoms. The maximum absolute atomic E-state index is 13.5. The van der Waals surface area contributed by atoms with Crippen molar-refractivity contribution in [2.75, 3.05) is 26.7 Å². The maximum atomic E-state index is 13.5. The molecule has 0 amide bonds. The third kappa shape index (κ3) is 5.02. The lowest BCUT2D eigenvalue weighted by atomic mass is 9.88. The Kier molecular flexibility index (Phi) is 6.88. The monoisotopic (exact) mass is 379 g/mol. The SMILES string of the molecule is CN/C(=C\N)CCN1CCC(=C(c2ccc(C)cc2)c2ccc(F)cc2)CC1. The zero-order valence-corrected chi connectivity index (χ0v) is 16.8. The summed E-state index contributed by atoms with van der Waals surface area (Å²) in [5.41, 5.74) is 13.0. The second-order valence-corrected chi connectivity index (χ2v) is 7.39. The fraction of sp³-hybridized carbons (Fsp3) is 0.333. The van der Waals surface area contributed by atoms with E-state index in [2.05, 4.69) is 41.4 Å². The molecule has 0 unspecified atom stereocenters. The second-order valence-electron chi connectivity index (χ2n) is 7.39. The third-order valence-corrected chi connectivity index (χ3v) is 5.51. The third-order valence-electron chi connectivity index (χ3n) is 5.51. The number of hydrogen-bond acceptors (Lipinski definition) is 3. The molecule has 4 heteroatoms. The van der Waals surface area contributed by atoms with Crippen molar-refractivity contribution in [2.24, 2.45) is 5.73 Å². The van der Waals surface area contributed by atoms with Crippen LogP contribution in [0.2, 0.25) is 0 Å². The lowest BCUT2D eigenvalue weighted by Crippen LogP contribution is -2.33. The number of likely N-dealkylation sites (tertiary alicyclic amines) is 1. The van der Waals surface area contributed by atoms with Gasteiger partial charge in [0.05, 0.1) is 0 Å². The van der Waals surface area contributed by atoms with Gasteiger partial charge in [-0.15, -0.1) is 0 Å². The van der Waals surface area contributed by atoms with E-state index in [1.165, 1.54) is 22.3 Å². The van der Waals surface area contributed by atoms with Crippen LogP contribution in [0.3, 0.4) is 0 Å². The predicted molar refractivity (Wildman–Crippen MR) is 115 cm³/mol. The minimum atomic E-state index is -0.194. The molecule has 3 nitrogen and oxygen atoms in total. The van der Waals surface area contributed by atoms with Gasteiger partial charge in [-0.3, -0.25) is 0 Å². The highest BCUT2D eigenvalue weighted by molar-refractivity contribution is 5.82. The average molecular weight is 380 g/mol. The summed E-state index contributed by atoms with van der Waals surface area (Å²) < 4.78 is 13.5. The molecular formula is C24H30FN3. The van der Waals surface area contributed by atoms with Gasteiger partial charge in [0.25, 0.3) is 0 Å². The van der Waals surface area contributed by atoms with Crippen molar-refractivity contribution in [2.45, 2.75) is 26.2 Å². The Balaban J connectivity index is 1.81. The Labute approximate surface area is 167 Å². The maximum Gasteiger partial charge on any atom is 0.123 e. The molecule has 0 radical (unpaired) electrons. The molecule has 28 heavy (non-hydrogen) atoms.